The van der Waals surface area contributed by atoms with Crippen LogP contribution in [0.2, 0.25) is 0 Å². The van der Waals surface area contributed by atoms with Crippen LogP contribution < -0.4 is 10.4 Å². The number of rotatable bonds is 3. The molecule has 0 spiro atoms. The molecule has 0 radical (unpaired) electrons. The Hall–Kier alpha value is -0.909. The minimum absolute atomic E-state index is 0.114. The van der Waals surface area contributed by atoms with Gasteiger partial charge in [-0.05, 0) is 51.3 Å². The van der Waals surface area contributed by atoms with Gasteiger partial charge >= 0.3 is 0 Å². The second-order valence-corrected chi connectivity index (χ2v) is 24.3. The smallest absolute Gasteiger partial charge is 0.0487 e. The van der Waals surface area contributed by atoms with E-state index in [1.54, 1.807) is 32.6 Å². The molecule has 0 amide bonds. The lowest BCUT2D eigenvalue weighted by Gasteiger charge is -2.20. The summed E-state index contributed by atoms with van der Waals surface area (Å²) in [6.45, 7) is 13.7. The van der Waals surface area contributed by atoms with E-state index >= 15 is 0 Å². The normalized spacial score (nSPS) is 13.2. The molecule has 2 aromatic carbocycles. The van der Waals surface area contributed by atoms with Crippen molar-refractivity contribution in [2.24, 2.45) is 0 Å². The molecule has 0 N–H and O–H groups in total. The van der Waals surface area contributed by atoms with E-state index in [-0.39, 0.29) is 9.04 Å². The van der Waals surface area contributed by atoms with E-state index in [9.17, 15) is 0 Å². The largest absolute Gasteiger partial charge is 0.0640 e. The van der Waals surface area contributed by atoms with Crippen LogP contribution in [0.15, 0.2) is 24.3 Å². The second-order valence-electron chi connectivity index (χ2n) is 6.79. The van der Waals surface area contributed by atoms with Crippen LogP contribution in [-0.2, 0) is 0 Å². The zero-order chi connectivity index (χ0) is 15.7. The van der Waals surface area contributed by atoms with Crippen molar-refractivity contribution in [3.63, 3.8) is 0 Å². The molecule has 112 valence electrons. The first kappa shape index (κ1) is 16.5. The summed E-state index contributed by atoms with van der Waals surface area (Å²) in [7, 11) is 0.607. The van der Waals surface area contributed by atoms with Crippen molar-refractivity contribution in [3.8, 4) is 0 Å². The first-order valence-electron chi connectivity index (χ1n) is 7.94. The SMILES string of the molecule is Cc1cc(C)c([SiH2][SiH]([SiH3])c2c(C)cc(C)cc2C)c(C)c1. The maximum absolute atomic E-state index is 2.39. The van der Waals surface area contributed by atoms with Crippen LogP contribution in [0.5, 0.6) is 0 Å². The maximum atomic E-state index is 2.39. The second kappa shape index (κ2) is 6.46. The van der Waals surface area contributed by atoms with Gasteiger partial charge in [-0.15, -0.1) is 0 Å². The van der Waals surface area contributed by atoms with E-state index in [1.165, 1.54) is 20.9 Å². The molecule has 0 aliphatic heterocycles. The fourth-order valence-corrected chi connectivity index (χ4v) is 20.0. The molecule has 21 heavy (non-hydrogen) atoms. The monoisotopic (exact) mass is 328 g/mol. The van der Waals surface area contributed by atoms with Crippen LogP contribution in [0.3, 0.4) is 0 Å². The summed E-state index contributed by atoms with van der Waals surface area (Å²) in [6, 6.07) is 9.55. The predicted molar refractivity (Wildman–Crippen MR) is 106 cm³/mol. The predicted octanol–water partition coefficient (Wildman–Crippen LogP) is 0.824. The summed E-state index contributed by atoms with van der Waals surface area (Å²) in [5.41, 5.74) is 9.06. The van der Waals surface area contributed by atoms with E-state index < -0.39 is 7.83 Å². The van der Waals surface area contributed by atoms with Gasteiger partial charge in [0.05, 0.1) is 0 Å². The van der Waals surface area contributed by atoms with Gasteiger partial charge in [0, 0.05) is 16.9 Å². The Morgan fingerprint density at radius 3 is 1.52 bits per heavy atom. The molecule has 3 heteroatoms. The van der Waals surface area contributed by atoms with Crippen molar-refractivity contribution in [1.29, 1.82) is 0 Å². The zero-order valence-electron chi connectivity index (χ0n) is 14.6. The van der Waals surface area contributed by atoms with Crippen molar-refractivity contribution < 1.29 is 0 Å². The first-order valence-corrected chi connectivity index (χ1v) is 17.1. The molecule has 0 bridgehead atoms. The van der Waals surface area contributed by atoms with Crippen molar-refractivity contribution >= 4 is 37.0 Å². The summed E-state index contributed by atoms with van der Waals surface area (Å²) in [5, 5.41) is 3.55. The molecule has 1 atom stereocenters. The van der Waals surface area contributed by atoms with Gasteiger partial charge in [-0.1, -0.05) is 68.0 Å². The highest BCUT2D eigenvalue weighted by Gasteiger charge is 2.17. The fourth-order valence-electron chi connectivity index (χ4n) is 3.91. The first-order chi connectivity index (χ1) is 9.79. The van der Waals surface area contributed by atoms with Crippen LogP contribution in [0, 0.1) is 41.5 Å². The zero-order valence-corrected chi connectivity index (χ0v) is 19.2. The number of hydrogen-bond acceptors (Lipinski definition) is 0. The maximum Gasteiger partial charge on any atom is 0.0487 e. The minimum Gasteiger partial charge on any atom is -0.0640 e. The molecule has 0 aromatic heterocycles. The third-order valence-electron chi connectivity index (χ3n) is 4.58. The van der Waals surface area contributed by atoms with Gasteiger partial charge in [0.2, 0.25) is 0 Å². The van der Waals surface area contributed by atoms with Crippen LogP contribution >= 0.6 is 0 Å². The summed E-state index contributed by atoms with van der Waals surface area (Å²) in [4.78, 5) is 0. The molecule has 0 saturated heterocycles. The van der Waals surface area contributed by atoms with E-state index in [0.717, 1.165) is 0 Å². The van der Waals surface area contributed by atoms with Gasteiger partial charge in [0.1, 0.15) is 0 Å². The van der Waals surface area contributed by atoms with Crippen molar-refractivity contribution in [1.82, 2.24) is 0 Å². The molecule has 2 aromatic rings. The van der Waals surface area contributed by atoms with Gasteiger partial charge in [-0.2, -0.15) is 0 Å². The van der Waals surface area contributed by atoms with Gasteiger partial charge in [0.15, 0.2) is 0 Å². The summed E-state index contributed by atoms with van der Waals surface area (Å²) >= 11 is 0. The topological polar surface area (TPSA) is 0 Å². The molecule has 0 heterocycles. The van der Waals surface area contributed by atoms with Crippen molar-refractivity contribution in [3.05, 3.63) is 57.6 Å². The third kappa shape index (κ3) is 3.65. The summed E-state index contributed by atoms with van der Waals surface area (Å²) in [6.07, 6.45) is 0. The van der Waals surface area contributed by atoms with Crippen molar-refractivity contribution in [2.75, 3.05) is 0 Å². The average Bonchev–Trinajstić information content (AvgIpc) is 2.32. The average molecular weight is 329 g/mol. The number of benzene rings is 2. The molecule has 1 unspecified atom stereocenters. The highest BCUT2D eigenvalue weighted by atomic mass is 29.5. The Labute approximate surface area is 136 Å². The van der Waals surface area contributed by atoms with Crippen molar-refractivity contribution in [2.45, 2.75) is 41.5 Å². The van der Waals surface area contributed by atoms with Gasteiger partial charge < -0.3 is 0 Å². The van der Waals surface area contributed by atoms with Gasteiger partial charge in [-0.3, -0.25) is 0 Å². The lowest BCUT2D eigenvalue weighted by Crippen LogP contribution is -2.47. The van der Waals surface area contributed by atoms with E-state index in [4.69, 9.17) is 0 Å². The van der Waals surface area contributed by atoms with Crippen LogP contribution in [0.25, 0.3) is 0 Å². The Balaban J connectivity index is 2.37. The molecular formula is C18H28Si3. The summed E-state index contributed by atoms with van der Waals surface area (Å²) < 4.78 is 0. The summed E-state index contributed by atoms with van der Waals surface area (Å²) in [5.74, 6) is 0. The van der Waals surface area contributed by atoms with Crippen LogP contribution in [-0.4, -0.2) is 26.6 Å². The Kier molecular flexibility index (Phi) is 5.07. The van der Waals surface area contributed by atoms with Gasteiger partial charge in [-0.25, -0.2) is 0 Å². The molecule has 2 rings (SSSR count). The number of aryl methyl sites for hydroxylation is 6. The highest BCUT2D eigenvalue weighted by molar-refractivity contribution is 7.43. The minimum atomic E-state index is -0.680. The molecule has 0 aliphatic carbocycles. The highest BCUT2D eigenvalue weighted by Crippen LogP contribution is 2.08. The van der Waals surface area contributed by atoms with Crippen LogP contribution in [0.1, 0.15) is 33.4 Å². The lowest BCUT2D eigenvalue weighted by molar-refractivity contribution is 1.35. The third-order valence-corrected chi connectivity index (χ3v) is 18.3. The van der Waals surface area contributed by atoms with Crippen LogP contribution in [0.4, 0.5) is 0 Å². The Morgan fingerprint density at radius 1 is 0.714 bits per heavy atom. The Morgan fingerprint density at radius 2 is 1.10 bits per heavy atom. The number of hydrogen-bond donors (Lipinski definition) is 0. The van der Waals surface area contributed by atoms with E-state index in [1.807, 2.05) is 0 Å². The lowest BCUT2D eigenvalue weighted by atomic mass is 10.1. The van der Waals surface area contributed by atoms with E-state index in [0.29, 0.717) is 0 Å². The molecule has 0 nitrogen and oxygen atoms in total. The molecular weight excluding hydrogens is 300 g/mol. The van der Waals surface area contributed by atoms with Gasteiger partial charge in [0.25, 0.3) is 0 Å². The van der Waals surface area contributed by atoms with E-state index in [2.05, 4.69) is 65.8 Å². The molecule has 0 saturated carbocycles. The molecule has 0 fully saturated rings. The quantitative estimate of drug-likeness (QED) is 0.732. The fraction of sp³-hybridized carbons (Fsp3) is 0.333. The standard InChI is InChI=1S/C18H28Si3/c1-11-7-13(3)17(14(4)8-11)20-21(19)18-15(5)9-12(2)10-16(18)6/h7-10,21H,20H2,1-6,19H3. The Bertz CT molecular complexity index is 628. The molecule has 0 aliphatic rings.